The lowest BCUT2D eigenvalue weighted by atomic mass is 9.90. The number of aromatic nitrogens is 6. The molecule has 2 aromatic heterocycles. The first-order valence-electron chi connectivity index (χ1n) is 8.08. The highest BCUT2D eigenvalue weighted by Gasteiger charge is 2.18. The van der Waals surface area contributed by atoms with Crippen molar-refractivity contribution in [3.05, 3.63) is 108 Å². The summed E-state index contributed by atoms with van der Waals surface area (Å²) in [6, 6.07) is 23.8. The van der Waals surface area contributed by atoms with Crippen LogP contribution in [0.25, 0.3) is 11.1 Å². The maximum Gasteiger partial charge on any atom is 0.0976 e. The number of nitrogens with zero attached hydrogens (tertiary/aromatic N) is 6. The van der Waals surface area contributed by atoms with Crippen LogP contribution in [-0.4, -0.2) is 30.8 Å². The molecule has 124 valence electrons. The van der Waals surface area contributed by atoms with Crippen LogP contribution in [0.4, 0.5) is 0 Å². The van der Waals surface area contributed by atoms with Crippen LogP contribution in [0.5, 0.6) is 0 Å². The van der Waals surface area contributed by atoms with Gasteiger partial charge >= 0.3 is 0 Å². The molecule has 0 amide bonds. The Morgan fingerprint density at radius 3 is 1.27 bits per heavy atom. The standard InChI is InChI=1S/C20H14N6/c1-3-7-15(8-4-1)19(17-11-13-21-25-23-17)20(16-9-5-2-6-10-16)18-12-14-22-26-24-18/h1-14H. The van der Waals surface area contributed by atoms with Crippen molar-refractivity contribution >= 4 is 11.1 Å². The van der Waals surface area contributed by atoms with E-state index in [2.05, 4.69) is 30.8 Å². The fourth-order valence-corrected chi connectivity index (χ4v) is 2.80. The maximum atomic E-state index is 4.24. The second-order valence-electron chi connectivity index (χ2n) is 5.49. The summed E-state index contributed by atoms with van der Waals surface area (Å²) in [6.45, 7) is 0. The molecule has 0 atom stereocenters. The molecule has 6 nitrogen and oxygen atoms in total. The van der Waals surface area contributed by atoms with Gasteiger partial charge in [-0.2, -0.15) is 0 Å². The quantitative estimate of drug-likeness (QED) is 0.532. The minimum atomic E-state index is 0.712. The van der Waals surface area contributed by atoms with E-state index in [1.165, 1.54) is 0 Å². The van der Waals surface area contributed by atoms with Gasteiger partial charge in [0.15, 0.2) is 0 Å². The van der Waals surface area contributed by atoms with Crippen LogP contribution >= 0.6 is 0 Å². The van der Waals surface area contributed by atoms with E-state index in [9.17, 15) is 0 Å². The molecule has 2 heterocycles. The van der Waals surface area contributed by atoms with Crippen molar-refractivity contribution in [3.8, 4) is 0 Å². The van der Waals surface area contributed by atoms with E-state index in [4.69, 9.17) is 0 Å². The third-order valence-corrected chi connectivity index (χ3v) is 3.89. The molecule has 0 saturated heterocycles. The lowest BCUT2D eigenvalue weighted by molar-refractivity contribution is 0.850. The van der Waals surface area contributed by atoms with Crippen LogP contribution in [0.15, 0.2) is 85.2 Å². The SMILES string of the molecule is c1ccc(C(=C(c2ccccc2)c2ccnnn2)c2ccnnn2)cc1. The van der Waals surface area contributed by atoms with Crippen LogP contribution in [0, 0.1) is 0 Å². The summed E-state index contributed by atoms with van der Waals surface area (Å²) in [7, 11) is 0. The molecule has 0 aliphatic heterocycles. The Hall–Kier alpha value is -3.80. The van der Waals surface area contributed by atoms with Gasteiger partial charge < -0.3 is 0 Å². The molecule has 4 rings (SSSR count). The van der Waals surface area contributed by atoms with Crippen molar-refractivity contribution in [2.24, 2.45) is 0 Å². The number of benzene rings is 2. The molecule has 0 saturated carbocycles. The fourth-order valence-electron chi connectivity index (χ4n) is 2.80. The predicted molar refractivity (Wildman–Crippen MR) is 97.6 cm³/mol. The largest absolute Gasteiger partial charge is 0.139 e. The molecule has 0 unspecified atom stereocenters. The van der Waals surface area contributed by atoms with E-state index < -0.39 is 0 Å². The molecule has 0 radical (unpaired) electrons. The zero-order valence-corrected chi connectivity index (χ0v) is 13.8. The van der Waals surface area contributed by atoms with Crippen LogP contribution in [0.1, 0.15) is 22.5 Å². The van der Waals surface area contributed by atoms with E-state index in [-0.39, 0.29) is 0 Å². The molecule has 26 heavy (non-hydrogen) atoms. The van der Waals surface area contributed by atoms with E-state index in [1.54, 1.807) is 12.4 Å². The molecule has 2 aromatic carbocycles. The summed E-state index contributed by atoms with van der Waals surface area (Å²) >= 11 is 0. The first-order chi connectivity index (χ1) is 12.9. The Balaban J connectivity index is 2.09. The summed E-state index contributed by atoms with van der Waals surface area (Å²) in [4.78, 5) is 0. The molecule has 0 aliphatic rings. The van der Waals surface area contributed by atoms with Gasteiger partial charge in [-0.05, 0) is 33.7 Å². The molecule has 0 aliphatic carbocycles. The van der Waals surface area contributed by atoms with Crippen molar-refractivity contribution in [1.29, 1.82) is 0 Å². The van der Waals surface area contributed by atoms with E-state index in [0.717, 1.165) is 22.3 Å². The molecular weight excluding hydrogens is 324 g/mol. The zero-order valence-electron chi connectivity index (χ0n) is 13.8. The van der Waals surface area contributed by atoms with Gasteiger partial charge in [-0.25, -0.2) is 0 Å². The Morgan fingerprint density at radius 2 is 0.923 bits per heavy atom. The molecule has 0 bridgehead atoms. The van der Waals surface area contributed by atoms with E-state index in [0.29, 0.717) is 11.4 Å². The highest BCUT2D eigenvalue weighted by atomic mass is 15.3. The first-order valence-corrected chi connectivity index (χ1v) is 8.08. The van der Waals surface area contributed by atoms with Gasteiger partial charge in [-0.1, -0.05) is 60.7 Å². The first kappa shape index (κ1) is 15.7. The molecule has 0 fully saturated rings. The Labute approximate surface area is 150 Å². The van der Waals surface area contributed by atoms with Crippen molar-refractivity contribution in [2.45, 2.75) is 0 Å². The van der Waals surface area contributed by atoms with Gasteiger partial charge in [-0.3, -0.25) is 0 Å². The highest BCUT2D eigenvalue weighted by molar-refractivity contribution is 6.02. The number of hydrogen-bond acceptors (Lipinski definition) is 6. The van der Waals surface area contributed by atoms with Gasteiger partial charge in [0.25, 0.3) is 0 Å². The van der Waals surface area contributed by atoms with Crippen LogP contribution in [0.2, 0.25) is 0 Å². The molecule has 4 aromatic rings. The Kier molecular flexibility index (Phi) is 4.47. The second kappa shape index (κ2) is 7.40. The normalized spacial score (nSPS) is 11.7. The fraction of sp³-hybridized carbons (Fsp3) is 0. The smallest absolute Gasteiger partial charge is 0.0976 e. The van der Waals surface area contributed by atoms with Gasteiger partial charge in [0.05, 0.1) is 23.8 Å². The number of rotatable bonds is 4. The molecule has 0 spiro atoms. The predicted octanol–water partition coefficient (Wildman–Crippen LogP) is 3.06. The van der Waals surface area contributed by atoms with Crippen molar-refractivity contribution in [3.63, 3.8) is 0 Å². The van der Waals surface area contributed by atoms with Gasteiger partial charge in [0.1, 0.15) is 0 Å². The molecule has 0 N–H and O–H groups in total. The monoisotopic (exact) mass is 338 g/mol. The third-order valence-electron chi connectivity index (χ3n) is 3.89. The number of hydrogen-bond donors (Lipinski definition) is 0. The van der Waals surface area contributed by atoms with Gasteiger partial charge in [-0.15, -0.1) is 20.4 Å². The molecular formula is C20H14N6. The minimum absolute atomic E-state index is 0.712. The maximum absolute atomic E-state index is 4.24. The van der Waals surface area contributed by atoms with E-state index >= 15 is 0 Å². The van der Waals surface area contributed by atoms with Crippen molar-refractivity contribution < 1.29 is 0 Å². The zero-order chi connectivity index (χ0) is 17.6. The Bertz CT molecular complexity index is 835. The summed E-state index contributed by atoms with van der Waals surface area (Å²) < 4.78 is 0. The topological polar surface area (TPSA) is 77.3 Å². The lowest BCUT2D eigenvalue weighted by Crippen LogP contribution is -2.03. The second-order valence-corrected chi connectivity index (χ2v) is 5.49. The minimum Gasteiger partial charge on any atom is -0.139 e. The van der Waals surface area contributed by atoms with Crippen molar-refractivity contribution in [2.75, 3.05) is 0 Å². The van der Waals surface area contributed by atoms with Crippen LogP contribution < -0.4 is 0 Å². The van der Waals surface area contributed by atoms with E-state index in [1.807, 2.05) is 72.8 Å². The lowest BCUT2D eigenvalue weighted by Gasteiger charge is -2.15. The average molecular weight is 338 g/mol. The Morgan fingerprint density at radius 1 is 0.500 bits per heavy atom. The summed E-state index contributed by atoms with van der Waals surface area (Å²) in [5, 5.41) is 23.7. The third kappa shape index (κ3) is 3.21. The van der Waals surface area contributed by atoms with Crippen molar-refractivity contribution in [1.82, 2.24) is 30.8 Å². The summed E-state index contributed by atoms with van der Waals surface area (Å²) in [5.74, 6) is 0. The summed E-state index contributed by atoms with van der Waals surface area (Å²) in [5.41, 5.74) is 5.25. The highest BCUT2D eigenvalue weighted by Crippen LogP contribution is 2.34. The summed E-state index contributed by atoms with van der Waals surface area (Å²) in [6.07, 6.45) is 3.26. The average Bonchev–Trinajstić information content (AvgIpc) is 2.74. The van der Waals surface area contributed by atoms with Crippen LogP contribution in [-0.2, 0) is 0 Å². The van der Waals surface area contributed by atoms with Gasteiger partial charge in [0.2, 0.25) is 0 Å². The molecule has 6 heteroatoms. The van der Waals surface area contributed by atoms with Crippen LogP contribution in [0.3, 0.4) is 0 Å². The van der Waals surface area contributed by atoms with Gasteiger partial charge in [0, 0.05) is 11.1 Å².